The molecule has 1 nitrogen and oxygen atoms in total. The molecule has 0 saturated carbocycles. The highest BCUT2D eigenvalue weighted by atomic mass is 16.5. The number of fused-ring (bicyclic) bond motifs is 3. The van der Waals surface area contributed by atoms with Crippen LogP contribution in [0.25, 0.3) is 11.6 Å². The maximum atomic E-state index is 6.37. The lowest BCUT2D eigenvalue weighted by molar-refractivity contribution is 0.0343. The van der Waals surface area contributed by atoms with E-state index in [0.29, 0.717) is 6.61 Å². The molecule has 1 atom stereocenters. The van der Waals surface area contributed by atoms with Gasteiger partial charge in [0.2, 0.25) is 0 Å². The molecule has 0 aromatic heterocycles. The van der Waals surface area contributed by atoms with Gasteiger partial charge in [0, 0.05) is 0 Å². The van der Waals surface area contributed by atoms with E-state index >= 15 is 0 Å². The Morgan fingerprint density at radius 2 is 1.95 bits per heavy atom. The Morgan fingerprint density at radius 1 is 1.18 bits per heavy atom. The predicted molar refractivity (Wildman–Crippen MR) is 94.6 cm³/mol. The first-order valence-electron chi connectivity index (χ1n) is 8.13. The summed E-state index contributed by atoms with van der Waals surface area (Å²) in [5.74, 6) is 0. The van der Waals surface area contributed by atoms with Crippen molar-refractivity contribution in [1.82, 2.24) is 0 Å². The van der Waals surface area contributed by atoms with Crippen molar-refractivity contribution in [3.8, 4) is 0 Å². The summed E-state index contributed by atoms with van der Waals surface area (Å²) in [4.78, 5) is 0. The van der Waals surface area contributed by atoms with E-state index in [2.05, 4.69) is 62.9 Å². The fourth-order valence-corrected chi connectivity index (χ4v) is 3.33. The van der Waals surface area contributed by atoms with Crippen LogP contribution in [0.15, 0.2) is 59.7 Å². The van der Waals surface area contributed by atoms with Crippen LogP contribution in [0, 0.1) is 0 Å². The molecule has 0 fully saturated rings. The van der Waals surface area contributed by atoms with Gasteiger partial charge in [0.15, 0.2) is 0 Å². The van der Waals surface area contributed by atoms with Crippen LogP contribution >= 0.6 is 0 Å². The molecule has 1 heteroatoms. The number of rotatable bonds is 5. The monoisotopic (exact) mass is 292 g/mol. The molecule has 0 saturated heterocycles. The van der Waals surface area contributed by atoms with E-state index in [1.807, 2.05) is 6.92 Å². The van der Waals surface area contributed by atoms with Crippen molar-refractivity contribution in [2.24, 2.45) is 0 Å². The largest absolute Gasteiger partial charge is 0.362 e. The minimum absolute atomic E-state index is 0.326. The van der Waals surface area contributed by atoms with E-state index in [0.717, 1.165) is 18.4 Å². The first kappa shape index (κ1) is 15.1. The third-order valence-electron chi connectivity index (χ3n) is 4.55. The zero-order chi connectivity index (χ0) is 15.7. The molecule has 114 valence electrons. The number of ether oxygens (including phenoxy) is 1. The molecule has 2 aliphatic carbocycles. The van der Waals surface area contributed by atoms with Gasteiger partial charge in [-0.1, -0.05) is 56.3 Å². The SMILES string of the molecule is C=C(C)COC1(CC)C=C(CC)C=C2C1=Cc1ccccc12. The molecule has 22 heavy (non-hydrogen) atoms. The molecule has 0 radical (unpaired) electrons. The minimum Gasteiger partial charge on any atom is -0.362 e. The van der Waals surface area contributed by atoms with E-state index in [-0.39, 0.29) is 5.60 Å². The number of allylic oxidation sites excluding steroid dienone is 2. The maximum absolute atomic E-state index is 6.37. The normalized spacial score (nSPS) is 22.4. The Morgan fingerprint density at radius 3 is 2.64 bits per heavy atom. The molecule has 0 amide bonds. The molecule has 0 bridgehead atoms. The Kier molecular flexibility index (Phi) is 3.92. The fraction of sp³-hybridized carbons (Fsp3) is 0.333. The summed E-state index contributed by atoms with van der Waals surface area (Å²) >= 11 is 0. The van der Waals surface area contributed by atoms with Gasteiger partial charge in [-0.25, -0.2) is 0 Å². The van der Waals surface area contributed by atoms with Crippen molar-refractivity contribution in [3.05, 3.63) is 70.8 Å². The lowest BCUT2D eigenvalue weighted by Gasteiger charge is -2.36. The molecule has 1 aromatic rings. The van der Waals surface area contributed by atoms with Gasteiger partial charge in [-0.05, 0) is 59.8 Å². The van der Waals surface area contributed by atoms with Crippen molar-refractivity contribution < 1.29 is 4.74 Å². The minimum atomic E-state index is -0.326. The second-order valence-corrected chi connectivity index (χ2v) is 6.26. The van der Waals surface area contributed by atoms with Gasteiger partial charge in [-0.15, -0.1) is 0 Å². The molecule has 2 aliphatic rings. The summed E-state index contributed by atoms with van der Waals surface area (Å²) in [7, 11) is 0. The van der Waals surface area contributed by atoms with Crippen molar-refractivity contribution in [1.29, 1.82) is 0 Å². The predicted octanol–water partition coefficient (Wildman–Crippen LogP) is 5.56. The lowest BCUT2D eigenvalue weighted by Crippen LogP contribution is -2.34. The van der Waals surface area contributed by atoms with Crippen molar-refractivity contribution >= 4 is 11.6 Å². The molecular weight excluding hydrogens is 268 g/mol. The highest BCUT2D eigenvalue weighted by Crippen LogP contribution is 2.48. The Hall–Kier alpha value is -1.86. The van der Waals surface area contributed by atoms with E-state index in [1.165, 1.54) is 27.8 Å². The van der Waals surface area contributed by atoms with Crippen LogP contribution in [0.1, 0.15) is 44.7 Å². The third-order valence-corrected chi connectivity index (χ3v) is 4.55. The molecule has 1 unspecified atom stereocenters. The van der Waals surface area contributed by atoms with Gasteiger partial charge in [-0.3, -0.25) is 0 Å². The van der Waals surface area contributed by atoms with Crippen LogP contribution in [0.5, 0.6) is 0 Å². The molecule has 0 aliphatic heterocycles. The van der Waals surface area contributed by atoms with Crippen molar-refractivity contribution in [2.75, 3.05) is 6.61 Å². The zero-order valence-electron chi connectivity index (χ0n) is 13.8. The van der Waals surface area contributed by atoms with Crippen molar-refractivity contribution in [2.45, 2.75) is 39.2 Å². The Balaban J connectivity index is 2.10. The molecule has 0 spiro atoms. The molecule has 0 heterocycles. The average molecular weight is 292 g/mol. The Labute approximate surface area is 133 Å². The van der Waals surface area contributed by atoms with Crippen LogP contribution in [-0.4, -0.2) is 12.2 Å². The van der Waals surface area contributed by atoms with Gasteiger partial charge in [0.1, 0.15) is 5.60 Å². The van der Waals surface area contributed by atoms with E-state index in [9.17, 15) is 0 Å². The van der Waals surface area contributed by atoms with Crippen LogP contribution in [-0.2, 0) is 4.74 Å². The quantitative estimate of drug-likeness (QED) is 0.646. The first-order chi connectivity index (χ1) is 10.6. The van der Waals surface area contributed by atoms with Gasteiger partial charge >= 0.3 is 0 Å². The highest BCUT2D eigenvalue weighted by Gasteiger charge is 2.39. The van der Waals surface area contributed by atoms with E-state index in [4.69, 9.17) is 4.74 Å². The summed E-state index contributed by atoms with van der Waals surface area (Å²) in [6.45, 7) is 11.0. The first-order valence-corrected chi connectivity index (χ1v) is 8.13. The van der Waals surface area contributed by atoms with Gasteiger partial charge in [-0.2, -0.15) is 0 Å². The number of hydrogen-bond donors (Lipinski definition) is 0. The smallest absolute Gasteiger partial charge is 0.113 e. The number of hydrogen-bond acceptors (Lipinski definition) is 1. The van der Waals surface area contributed by atoms with Gasteiger partial charge in [0.25, 0.3) is 0 Å². The van der Waals surface area contributed by atoms with E-state index < -0.39 is 0 Å². The summed E-state index contributed by atoms with van der Waals surface area (Å²) in [5, 5.41) is 0. The van der Waals surface area contributed by atoms with Gasteiger partial charge < -0.3 is 4.74 Å². The summed E-state index contributed by atoms with van der Waals surface area (Å²) in [6.07, 6.45) is 8.90. The molecule has 3 rings (SSSR count). The summed E-state index contributed by atoms with van der Waals surface area (Å²) in [5.41, 5.74) is 7.35. The molecular formula is C21H24O. The average Bonchev–Trinajstić information content (AvgIpc) is 2.91. The molecule has 1 aromatic carbocycles. The highest BCUT2D eigenvalue weighted by molar-refractivity contribution is 5.98. The maximum Gasteiger partial charge on any atom is 0.113 e. The van der Waals surface area contributed by atoms with Gasteiger partial charge in [0.05, 0.1) is 6.61 Å². The van der Waals surface area contributed by atoms with E-state index in [1.54, 1.807) is 0 Å². The summed E-state index contributed by atoms with van der Waals surface area (Å²) < 4.78 is 6.37. The second kappa shape index (κ2) is 5.73. The van der Waals surface area contributed by atoms with Crippen LogP contribution < -0.4 is 0 Å². The zero-order valence-corrected chi connectivity index (χ0v) is 13.8. The standard InChI is InChI=1S/C21H24O/c1-5-16-11-19-18-10-8-7-9-17(18)12-20(19)21(6-2,13-16)22-14-15(3)4/h7-13H,3,5-6,14H2,1-2,4H3. The fourth-order valence-electron chi connectivity index (χ4n) is 3.33. The Bertz CT molecular complexity index is 702. The molecule has 0 N–H and O–H groups in total. The number of benzene rings is 1. The van der Waals surface area contributed by atoms with Crippen LogP contribution in [0.2, 0.25) is 0 Å². The second-order valence-electron chi connectivity index (χ2n) is 6.26. The topological polar surface area (TPSA) is 9.23 Å². The third kappa shape index (κ3) is 2.40. The lowest BCUT2D eigenvalue weighted by atomic mass is 9.79. The summed E-state index contributed by atoms with van der Waals surface area (Å²) in [6, 6.07) is 8.61. The van der Waals surface area contributed by atoms with Crippen LogP contribution in [0.4, 0.5) is 0 Å². The van der Waals surface area contributed by atoms with Crippen molar-refractivity contribution in [3.63, 3.8) is 0 Å². The van der Waals surface area contributed by atoms with Crippen LogP contribution in [0.3, 0.4) is 0 Å².